The highest BCUT2D eigenvalue weighted by Crippen LogP contribution is 2.32. The quantitative estimate of drug-likeness (QED) is 0.579. The SMILES string of the molecule is O=[N+]([O-])c1ccc2scc(Br)c2c1. The molecule has 3 nitrogen and oxygen atoms in total. The summed E-state index contributed by atoms with van der Waals surface area (Å²) in [5.74, 6) is 0. The highest BCUT2D eigenvalue weighted by atomic mass is 79.9. The van der Waals surface area contributed by atoms with E-state index in [9.17, 15) is 10.1 Å². The Morgan fingerprint density at radius 3 is 2.92 bits per heavy atom. The first kappa shape index (κ1) is 8.65. The number of halogens is 1. The molecule has 0 unspecified atom stereocenters. The number of nitro groups is 1. The zero-order valence-corrected chi connectivity index (χ0v) is 8.76. The first-order valence-electron chi connectivity index (χ1n) is 3.49. The molecule has 0 N–H and O–H groups in total. The summed E-state index contributed by atoms with van der Waals surface area (Å²) >= 11 is 4.90. The third-order valence-electron chi connectivity index (χ3n) is 1.72. The monoisotopic (exact) mass is 257 g/mol. The van der Waals surface area contributed by atoms with Crippen LogP contribution in [0.1, 0.15) is 0 Å². The van der Waals surface area contributed by atoms with E-state index in [4.69, 9.17) is 0 Å². The number of benzene rings is 1. The molecule has 0 spiro atoms. The summed E-state index contributed by atoms with van der Waals surface area (Å²) in [5, 5.41) is 13.3. The molecule has 0 bridgehead atoms. The molecular weight excluding hydrogens is 254 g/mol. The van der Waals surface area contributed by atoms with Gasteiger partial charge in [-0.05, 0) is 22.0 Å². The van der Waals surface area contributed by atoms with Gasteiger partial charge in [-0.15, -0.1) is 11.3 Å². The zero-order chi connectivity index (χ0) is 9.42. The van der Waals surface area contributed by atoms with Crippen LogP contribution in [-0.2, 0) is 0 Å². The largest absolute Gasteiger partial charge is 0.270 e. The first-order valence-corrected chi connectivity index (χ1v) is 5.17. The normalized spacial score (nSPS) is 10.5. The predicted octanol–water partition coefficient (Wildman–Crippen LogP) is 3.57. The van der Waals surface area contributed by atoms with Crippen molar-refractivity contribution in [2.75, 3.05) is 0 Å². The summed E-state index contributed by atoms with van der Waals surface area (Å²) in [4.78, 5) is 10.1. The molecule has 0 fully saturated rings. The molecule has 13 heavy (non-hydrogen) atoms. The van der Waals surface area contributed by atoms with Crippen LogP contribution in [-0.4, -0.2) is 4.92 Å². The number of hydrogen-bond donors (Lipinski definition) is 0. The van der Waals surface area contributed by atoms with Crippen molar-refractivity contribution in [3.05, 3.63) is 38.2 Å². The van der Waals surface area contributed by atoms with Crippen LogP contribution < -0.4 is 0 Å². The van der Waals surface area contributed by atoms with Gasteiger partial charge in [-0.3, -0.25) is 10.1 Å². The second kappa shape index (κ2) is 3.08. The minimum atomic E-state index is -0.385. The van der Waals surface area contributed by atoms with Crippen LogP contribution in [0.5, 0.6) is 0 Å². The fourth-order valence-electron chi connectivity index (χ4n) is 1.10. The smallest absolute Gasteiger partial charge is 0.258 e. The van der Waals surface area contributed by atoms with Crippen molar-refractivity contribution in [2.24, 2.45) is 0 Å². The van der Waals surface area contributed by atoms with Gasteiger partial charge in [0.1, 0.15) is 0 Å². The maximum absolute atomic E-state index is 10.5. The van der Waals surface area contributed by atoms with E-state index in [0.29, 0.717) is 0 Å². The van der Waals surface area contributed by atoms with E-state index >= 15 is 0 Å². The summed E-state index contributed by atoms with van der Waals surface area (Å²) in [6.45, 7) is 0. The van der Waals surface area contributed by atoms with E-state index in [1.54, 1.807) is 23.5 Å². The molecule has 1 heterocycles. The average Bonchev–Trinajstić information content (AvgIpc) is 2.47. The molecule has 0 saturated carbocycles. The summed E-state index contributed by atoms with van der Waals surface area (Å²) in [5.41, 5.74) is 0.131. The van der Waals surface area contributed by atoms with Crippen LogP contribution in [0.2, 0.25) is 0 Å². The summed E-state index contributed by atoms with van der Waals surface area (Å²) in [6.07, 6.45) is 0. The maximum atomic E-state index is 10.5. The van der Waals surface area contributed by atoms with Crippen molar-refractivity contribution in [1.29, 1.82) is 0 Å². The van der Waals surface area contributed by atoms with Crippen LogP contribution in [0.3, 0.4) is 0 Å². The number of thiophene rings is 1. The molecule has 0 radical (unpaired) electrons. The van der Waals surface area contributed by atoms with Crippen molar-refractivity contribution in [2.45, 2.75) is 0 Å². The molecule has 1 aromatic carbocycles. The summed E-state index contributed by atoms with van der Waals surface area (Å²) in [7, 11) is 0. The molecule has 0 saturated heterocycles. The van der Waals surface area contributed by atoms with Crippen LogP contribution >= 0.6 is 27.3 Å². The second-order valence-electron chi connectivity index (χ2n) is 2.52. The fourth-order valence-corrected chi connectivity index (χ4v) is 2.64. The lowest BCUT2D eigenvalue weighted by Gasteiger charge is -1.91. The fraction of sp³-hybridized carbons (Fsp3) is 0. The first-order chi connectivity index (χ1) is 6.18. The Morgan fingerprint density at radius 1 is 1.46 bits per heavy atom. The van der Waals surface area contributed by atoms with Crippen molar-refractivity contribution in [1.82, 2.24) is 0 Å². The van der Waals surface area contributed by atoms with Gasteiger partial charge >= 0.3 is 0 Å². The highest BCUT2D eigenvalue weighted by molar-refractivity contribution is 9.10. The second-order valence-corrected chi connectivity index (χ2v) is 4.29. The molecular formula is C8H4BrNO2S. The van der Waals surface area contributed by atoms with Crippen molar-refractivity contribution < 1.29 is 4.92 Å². The minimum absolute atomic E-state index is 0.131. The number of hydrogen-bond acceptors (Lipinski definition) is 3. The van der Waals surface area contributed by atoms with Crippen LogP contribution in [0.25, 0.3) is 10.1 Å². The van der Waals surface area contributed by atoms with E-state index < -0.39 is 0 Å². The molecule has 1 aromatic heterocycles. The van der Waals surface area contributed by atoms with E-state index in [1.165, 1.54) is 6.07 Å². The van der Waals surface area contributed by atoms with Gasteiger partial charge in [-0.25, -0.2) is 0 Å². The Balaban J connectivity index is 2.72. The molecule has 5 heteroatoms. The van der Waals surface area contributed by atoms with Gasteiger partial charge in [0, 0.05) is 32.1 Å². The molecule has 0 atom stereocenters. The number of nitrogens with zero attached hydrogens (tertiary/aromatic N) is 1. The van der Waals surface area contributed by atoms with E-state index in [1.807, 2.05) is 5.38 Å². The highest BCUT2D eigenvalue weighted by Gasteiger charge is 2.08. The van der Waals surface area contributed by atoms with Crippen LogP contribution in [0, 0.1) is 10.1 Å². The van der Waals surface area contributed by atoms with Gasteiger partial charge in [-0.2, -0.15) is 0 Å². The Labute approximate surface area is 86.3 Å². The van der Waals surface area contributed by atoms with E-state index in [0.717, 1.165) is 14.6 Å². The van der Waals surface area contributed by atoms with Gasteiger partial charge < -0.3 is 0 Å². The third-order valence-corrected chi connectivity index (χ3v) is 3.64. The molecule has 66 valence electrons. The minimum Gasteiger partial charge on any atom is -0.258 e. The molecule has 0 aliphatic heterocycles. The van der Waals surface area contributed by atoms with Crippen molar-refractivity contribution >= 4 is 43.0 Å². The number of non-ortho nitro benzene ring substituents is 1. The average molecular weight is 258 g/mol. The lowest BCUT2D eigenvalue weighted by molar-refractivity contribution is -0.384. The Kier molecular flexibility index (Phi) is 2.05. The Bertz CT molecular complexity index is 480. The van der Waals surface area contributed by atoms with Crippen LogP contribution in [0.4, 0.5) is 5.69 Å². The molecule has 0 amide bonds. The van der Waals surface area contributed by atoms with Crippen LogP contribution in [0.15, 0.2) is 28.1 Å². The Hall–Kier alpha value is -0.940. The summed E-state index contributed by atoms with van der Waals surface area (Å²) < 4.78 is 1.97. The maximum Gasteiger partial charge on any atom is 0.270 e. The standard InChI is InChI=1S/C8H4BrNO2S/c9-7-4-13-8-2-1-5(10(11)12)3-6(7)8/h1-4H. The van der Waals surface area contributed by atoms with Crippen molar-refractivity contribution in [3.8, 4) is 0 Å². The lowest BCUT2D eigenvalue weighted by Crippen LogP contribution is -1.85. The molecule has 0 aliphatic carbocycles. The van der Waals surface area contributed by atoms with Gasteiger partial charge in [0.05, 0.1) is 4.92 Å². The van der Waals surface area contributed by atoms with Crippen molar-refractivity contribution in [3.63, 3.8) is 0 Å². The van der Waals surface area contributed by atoms with Gasteiger partial charge in [0.25, 0.3) is 5.69 Å². The van der Waals surface area contributed by atoms with Gasteiger partial charge in [0.2, 0.25) is 0 Å². The number of rotatable bonds is 1. The topological polar surface area (TPSA) is 43.1 Å². The lowest BCUT2D eigenvalue weighted by atomic mass is 10.2. The van der Waals surface area contributed by atoms with Gasteiger partial charge in [-0.1, -0.05) is 0 Å². The number of fused-ring (bicyclic) bond motifs is 1. The van der Waals surface area contributed by atoms with E-state index in [2.05, 4.69) is 15.9 Å². The summed E-state index contributed by atoms with van der Waals surface area (Å²) in [6, 6.07) is 4.87. The van der Waals surface area contributed by atoms with E-state index in [-0.39, 0.29) is 10.6 Å². The number of nitro benzene ring substituents is 1. The zero-order valence-electron chi connectivity index (χ0n) is 6.36. The molecule has 2 aromatic rings. The van der Waals surface area contributed by atoms with Gasteiger partial charge in [0.15, 0.2) is 0 Å². The Morgan fingerprint density at radius 2 is 2.23 bits per heavy atom. The molecule has 2 rings (SSSR count). The molecule has 0 aliphatic rings. The predicted molar refractivity (Wildman–Crippen MR) is 56.2 cm³/mol. The third kappa shape index (κ3) is 1.45.